The highest BCUT2D eigenvalue weighted by atomic mass is 32.1. The molecule has 3 heterocycles. The monoisotopic (exact) mass is 428 g/mol. The number of aromatic amines is 1. The lowest BCUT2D eigenvalue weighted by Gasteiger charge is -2.35. The number of nitrogens with one attached hydrogen (secondary N) is 1. The molecular formula is C20H24N6O3S. The molecule has 1 fully saturated rings. The number of Topliss-reactive ketones (excluding diaryl/α,β-unsaturated/α-hetero) is 1. The average Bonchev–Trinajstić information content (AvgIpc) is 3.36. The minimum atomic E-state index is -0.503. The van der Waals surface area contributed by atoms with Gasteiger partial charge in [0.25, 0.3) is 0 Å². The van der Waals surface area contributed by atoms with Gasteiger partial charge in [0.15, 0.2) is 10.9 Å². The maximum absolute atomic E-state index is 12.7. The third kappa shape index (κ3) is 4.59. The van der Waals surface area contributed by atoms with Crippen LogP contribution in [-0.2, 0) is 11.2 Å². The van der Waals surface area contributed by atoms with Gasteiger partial charge in [-0.15, -0.1) is 11.3 Å². The molecule has 9 nitrogen and oxygen atoms in total. The standard InChI is InChI=1S/C20H24N6O3S/c1-20(2,3)29-19(28)26-8-6-25(7-9-26)18-21-16(12-30-18)17(27)11-13-4-5-14-15(10-13)23-24-22-14/h4-5,10,12H,6-9,11H2,1-3H3,(H,22,23,24). The van der Waals surface area contributed by atoms with E-state index in [1.807, 2.05) is 39.0 Å². The second-order valence-electron chi connectivity index (χ2n) is 8.22. The van der Waals surface area contributed by atoms with Crippen molar-refractivity contribution in [1.29, 1.82) is 0 Å². The van der Waals surface area contributed by atoms with Crippen molar-refractivity contribution < 1.29 is 14.3 Å². The zero-order chi connectivity index (χ0) is 21.3. The molecule has 1 aromatic carbocycles. The van der Waals surface area contributed by atoms with Crippen LogP contribution in [0, 0.1) is 0 Å². The predicted molar refractivity (Wildman–Crippen MR) is 114 cm³/mol. The number of carbonyl (C=O) groups is 2. The Hall–Kier alpha value is -3.01. The number of ether oxygens (including phenoxy) is 1. The molecule has 1 aliphatic heterocycles. The van der Waals surface area contributed by atoms with Gasteiger partial charge in [-0.25, -0.2) is 9.78 Å². The van der Waals surface area contributed by atoms with Gasteiger partial charge in [-0.05, 0) is 38.5 Å². The van der Waals surface area contributed by atoms with Crippen molar-refractivity contribution in [3.05, 3.63) is 34.8 Å². The molecule has 1 amide bonds. The number of fused-ring (bicyclic) bond motifs is 1. The van der Waals surface area contributed by atoms with Crippen molar-refractivity contribution in [2.45, 2.75) is 32.8 Å². The quantitative estimate of drug-likeness (QED) is 0.637. The number of hydrogen-bond acceptors (Lipinski definition) is 8. The lowest BCUT2D eigenvalue weighted by molar-refractivity contribution is 0.0240. The second-order valence-corrected chi connectivity index (χ2v) is 9.05. The van der Waals surface area contributed by atoms with E-state index in [2.05, 4.69) is 25.3 Å². The van der Waals surface area contributed by atoms with E-state index in [9.17, 15) is 9.59 Å². The first-order chi connectivity index (χ1) is 14.3. The van der Waals surface area contributed by atoms with Gasteiger partial charge in [0.05, 0.1) is 0 Å². The molecule has 0 unspecified atom stereocenters. The van der Waals surface area contributed by atoms with Crippen molar-refractivity contribution in [1.82, 2.24) is 25.3 Å². The number of H-pyrrole nitrogens is 1. The molecule has 1 N–H and O–H groups in total. The Morgan fingerprint density at radius 3 is 2.60 bits per heavy atom. The number of benzene rings is 1. The third-order valence-corrected chi connectivity index (χ3v) is 5.63. The van der Waals surface area contributed by atoms with Gasteiger partial charge >= 0.3 is 6.09 Å². The summed E-state index contributed by atoms with van der Waals surface area (Å²) in [7, 11) is 0. The zero-order valence-electron chi connectivity index (χ0n) is 17.2. The van der Waals surface area contributed by atoms with Crippen molar-refractivity contribution in [3.63, 3.8) is 0 Å². The first kappa shape index (κ1) is 20.3. The highest BCUT2D eigenvalue weighted by molar-refractivity contribution is 7.13. The molecule has 2 aromatic heterocycles. The first-order valence-electron chi connectivity index (χ1n) is 9.79. The summed E-state index contributed by atoms with van der Waals surface area (Å²) in [5, 5.41) is 13.2. The maximum Gasteiger partial charge on any atom is 0.410 e. The van der Waals surface area contributed by atoms with E-state index >= 15 is 0 Å². The van der Waals surface area contributed by atoms with Gasteiger partial charge < -0.3 is 14.5 Å². The summed E-state index contributed by atoms with van der Waals surface area (Å²) in [5.41, 5.74) is 2.35. The fourth-order valence-corrected chi connectivity index (χ4v) is 4.10. The van der Waals surface area contributed by atoms with E-state index in [4.69, 9.17) is 4.74 Å². The number of anilines is 1. The Morgan fingerprint density at radius 1 is 1.13 bits per heavy atom. The van der Waals surface area contributed by atoms with Gasteiger partial charge in [-0.3, -0.25) is 4.79 Å². The van der Waals surface area contributed by atoms with Crippen LogP contribution in [0.5, 0.6) is 0 Å². The highest BCUT2D eigenvalue weighted by Gasteiger charge is 2.27. The molecule has 4 rings (SSSR count). The molecule has 0 radical (unpaired) electrons. The van der Waals surface area contributed by atoms with E-state index in [1.54, 1.807) is 10.3 Å². The van der Waals surface area contributed by atoms with Gasteiger partial charge in [0.2, 0.25) is 0 Å². The van der Waals surface area contributed by atoms with E-state index in [0.29, 0.717) is 31.9 Å². The summed E-state index contributed by atoms with van der Waals surface area (Å²) in [6.07, 6.45) is -0.0282. The maximum atomic E-state index is 12.7. The van der Waals surface area contributed by atoms with Crippen molar-refractivity contribution in [3.8, 4) is 0 Å². The Morgan fingerprint density at radius 2 is 1.87 bits per heavy atom. The lowest BCUT2D eigenvalue weighted by atomic mass is 10.1. The van der Waals surface area contributed by atoms with Gasteiger partial charge in [0, 0.05) is 38.0 Å². The number of piperazine rings is 1. The van der Waals surface area contributed by atoms with E-state index < -0.39 is 5.60 Å². The topological polar surface area (TPSA) is 104 Å². The van der Waals surface area contributed by atoms with Crippen LogP contribution >= 0.6 is 11.3 Å². The Labute approximate surface area is 178 Å². The lowest BCUT2D eigenvalue weighted by Crippen LogP contribution is -2.50. The number of rotatable bonds is 4. The van der Waals surface area contributed by atoms with E-state index in [1.165, 1.54) is 11.3 Å². The molecule has 0 saturated carbocycles. The van der Waals surface area contributed by atoms with Crippen molar-refractivity contribution in [2.75, 3.05) is 31.1 Å². The summed E-state index contributed by atoms with van der Waals surface area (Å²) in [6.45, 7) is 8.02. The summed E-state index contributed by atoms with van der Waals surface area (Å²) in [6, 6.07) is 5.59. The predicted octanol–water partition coefficient (Wildman–Crippen LogP) is 2.90. The summed E-state index contributed by atoms with van der Waals surface area (Å²) in [5.74, 6) is -0.0345. The van der Waals surface area contributed by atoms with Crippen LogP contribution in [0.15, 0.2) is 23.6 Å². The number of hydrogen-bond donors (Lipinski definition) is 1. The third-order valence-electron chi connectivity index (χ3n) is 4.73. The van der Waals surface area contributed by atoms with Crippen LogP contribution in [0.1, 0.15) is 36.8 Å². The molecule has 1 aliphatic rings. The summed E-state index contributed by atoms with van der Waals surface area (Å²) in [4.78, 5) is 33.2. The smallest absolute Gasteiger partial charge is 0.410 e. The molecular weight excluding hydrogens is 404 g/mol. The van der Waals surface area contributed by atoms with Crippen LogP contribution in [0.3, 0.4) is 0 Å². The largest absolute Gasteiger partial charge is 0.444 e. The van der Waals surface area contributed by atoms with Gasteiger partial charge in [0.1, 0.15) is 22.3 Å². The highest BCUT2D eigenvalue weighted by Crippen LogP contribution is 2.24. The molecule has 3 aromatic rings. The number of amides is 1. The summed E-state index contributed by atoms with van der Waals surface area (Å²) < 4.78 is 5.43. The van der Waals surface area contributed by atoms with Crippen molar-refractivity contribution >= 4 is 39.4 Å². The zero-order valence-corrected chi connectivity index (χ0v) is 18.0. The van der Waals surface area contributed by atoms with Crippen LogP contribution in [0.25, 0.3) is 11.0 Å². The number of carbonyl (C=O) groups excluding carboxylic acids is 2. The molecule has 0 spiro atoms. The molecule has 30 heavy (non-hydrogen) atoms. The van der Waals surface area contributed by atoms with Gasteiger partial charge in [-0.1, -0.05) is 6.07 Å². The molecule has 0 bridgehead atoms. The average molecular weight is 429 g/mol. The molecule has 1 saturated heterocycles. The van der Waals surface area contributed by atoms with Gasteiger partial charge in [-0.2, -0.15) is 15.4 Å². The second kappa shape index (κ2) is 8.02. The first-order valence-corrected chi connectivity index (χ1v) is 10.7. The Balaban J connectivity index is 1.35. The minimum absolute atomic E-state index is 0.0345. The number of ketones is 1. The molecule has 0 atom stereocenters. The van der Waals surface area contributed by atoms with E-state index in [0.717, 1.165) is 21.7 Å². The molecule has 10 heteroatoms. The number of aromatic nitrogens is 4. The Bertz CT molecular complexity index is 1060. The van der Waals surface area contributed by atoms with E-state index in [-0.39, 0.29) is 18.3 Å². The van der Waals surface area contributed by atoms with Crippen molar-refractivity contribution in [2.24, 2.45) is 0 Å². The number of nitrogens with zero attached hydrogens (tertiary/aromatic N) is 5. The normalized spacial score (nSPS) is 14.9. The SMILES string of the molecule is CC(C)(C)OC(=O)N1CCN(c2nc(C(=O)Cc3ccc4n[nH]nc4c3)cs2)CC1. The van der Waals surface area contributed by atoms with Crippen LogP contribution in [-0.4, -0.2) is 69.0 Å². The van der Waals surface area contributed by atoms with Crippen LogP contribution < -0.4 is 4.90 Å². The molecule has 0 aliphatic carbocycles. The summed E-state index contributed by atoms with van der Waals surface area (Å²) >= 11 is 1.45. The minimum Gasteiger partial charge on any atom is -0.444 e. The number of thiazole rings is 1. The van der Waals surface area contributed by atoms with Crippen LogP contribution in [0.2, 0.25) is 0 Å². The van der Waals surface area contributed by atoms with Crippen LogP contribution in [0.4, 0.5) is 9.93 Å². The Kier molecular flexibility index (Phi) is 5.42. The molecule has 158 valence electrons. The fraction of sp³-hybridized carbons (Fsp3) is 0.450. The fourth-order valence-electron chi connectivity index (χ4n) is 3.22.